The number of ether oxygens (including phenoxy) is 2. The molecule has 116 valence electrons. The van der Waals surface area contributed by atoms with Crippen molar-refractivity contribution in [3.63, 3.8) is 0 Å². The van der Waals surface area contributed by atoms with Crippen LogP contribution in [0.3, 0.4) is 0 Å². The molecule has 1 fully saturated rings. The van der Waals surface area contributed by atoms with Crippen molar-refractivity contribution in [1.82, 2.24) is 0 Å². The monoisotopic (exact) mass is 290 g/mol. The lowest BCUT2D eigenvalue weighted by Crippen LogP contribution is -2.38. The highest BCUT2D eigenvalue weighted by molar-refractivity contribution is 5.97. The Labute approximate surface area is 127 Å². The minimum Gasteiger partial charge on any atom is -0.352 e. The number of carbonyl (C=O) groups excluding carboxylic acids is 1. The molecule has 0 N–H and O–H groups in total. The Bertz CT molecular complexity index is 437. The molecule has 1 saturated heterocycles. The van der Waals surface area contributed by atoms with Crippen LogP contribution in [0, 0.1) is 17.8 Å². The van der Waals surface area contributed by atoms with Crippen LogP contribution >= 0.6 is 0 Å². The van der Waals surface area contributed by atoms with Gasteiger partial charge < -0.3 is 9.47 Å². The highest BCUT2D eigenvalue weighted by Gasteiger charge is 2.34. The first-order valence-corrected chi connectivity index (χ1v) is 7.97. The predicted octanol–water partition coefficient (Wildman–Crippen LogP) is 3.93. The Kier molecular flexibility index (Phi) is 5.95. The van der Waals surface area contributed by atoms with Crippen LogP contribution in [-0.2, 0) is 9.47 Å². The van der Waals surface area contributed by atoms with Gasteiger partial charge in [-0.15, -0.1) is 0 Å². The number of Topliss-reactive ketones (excluding diaryl/α,β-unsaturated/α-hetero) is 1. The van der Waals surface area contributed by atoms with Crippen LogP contribution in [0.15, 0.2) is 30.3 Å². The van der Waals surface area contributed by atoms with Crippen molar-refractivity contribution in [2.45, 2.75) is 39.9 Å². The molecule has 3 atom stereocenters. The first kappa shape index (κ1) is 16.2. The second kappa shape index (κ2) is 7.71. The highest BCUT2D eigenvalue weighted by Crippen LogP contribution is 2.31. The van der Waals surface area contributed by atoms with Crippen LogP contribution in [0.25, 0.3) is 0 Å². The van der Waals surface area contributed by atoms with E-state index in [0.29, 0.717) is 0 Å². The van der Waals surface area contributed by atoms with Crippen molar-refractivity contribution in [3.05, 3.63) is 35.9 Å². The molecule has 0 saturated carbocycles. The Morgan fingerprint density at radius 1 is 1.19 bits per heavy atom. The molecule has 3 unspecified atom stereocenters. The Morgan fingerprint density at radius 3 is 2.38 bits per heavy atom. The van der Waals surface area contributed by atoms with E-state index in [4.69, 9.17) is 9.47 Å². The fraction of sp³-hybridized carbons (Fsp3) is 0.611. The quantitative estimate of drug-likeness (QED) is 0.745. The summed E-state index contributed by atoms with van der Waals surface area (Å²) in [5.74, 6) is 0.655. The van der Waals surface area contributed by atoms with E-state index >= 15 is 0 Å². The SMILES string of the molecule is CCC(C1OCCCO1)C(C)C(C)C(=O)c1ccccc1. The molecule has 1 aromatic carbocycles. The Hall–Kier alpha value is -1.19. The molecule has 3 heteroatoms. The average Bonchev–Trinajstić information content (AvgIpc) is 2.56. The van der Waals surface area contributed by atoms with Crippen LogP contribution in [-0.4, -0.2) is 25.3 Å². The van der Waals surface area contributed by atoms with Gasteiger partial charge in [-0.05, 0) is 18.8 Å². The number of benzene rings is 1. The Morgan fingerprint density at radius 2 is 1.81 bits per heavy atom. The van der Waals surface area contributed by atoms with Crippen LogP contribution in [0.5, 0.6) is 0 Å². The highest BCUT2D eigenvalue weighted by atomic mass is 16.7. The minimum absolute atomic E-state index is 0.0357. The lowest BCUT2D eigenvalue weighted by Gasteiger charge is -2.35. The molecule has 0 aliphatic carbocycles. The van der Waals surface area contributed by atoms with Gasteiger partial charge in [0.2, 0.25) is 0 Å². The van der Waals surface area contributed by atoms with Crippen LogP contribution in [0.1, 0.15) is 44.0 Å². The van der Waals surface area contributed by atoms with E-state index in [2.05, 4.69) is 13.8 Å². The molecule has 0 aromatic heterocycles. The summed E-state index contributed by atoms with van der Waals surface area (Å²) < 4.78 is 11.5. The number of carbonyl (C=O) groups is 1. The van der Waals surface area contributed by atoms with E-state index in [-0.39, 0.29) is 29.8 Å². The van der Waals surface area contributed by atoms with E-state index < -0.39 is 0 Å². The smallest absolute Gasteiger partial charge is 0.165 e. The van der Waals surface area contributed by atoms with Gasteiger partial charge in [0.25, 0.3) is 0 Å². The summed E-state index contributed by atoms with van der Waals surface area (Å²) >= 11 is 0. The maximum Gasteiger partial charge on any atom is 0.165 e. The summed E-state index contributed by atoms with van der Waals surface area (Å²) in [5.41, 5.74) is 0.789. The molecule has 21 heavy (non-hydrogen) atoms. The lowest BCUT2D eigenvalue weighted by atomic mass is 9.78. The Balaban J connectivity index is 2.05. The summed E-state index contributed by atoms with van der Waals surface area (Å²) in [7, 11) is 0. The predicted molar refractivity (Wildman–Crippen MR) is 83.2 cm³/mol. The number of ketones is 1. The molecular formula is C18H26O3. The molecule has 1 aliphatic rings. The van der Waals surface area contributed by atoms with Gasteiger partial charge in [-0.25, -0.2) is 0 Å². The van der Waals surface area contributed by atoms with Gasteiger partial charge >= 0.3 is 0 Å². The van der Waals surface area contributed by atoms with E-state index in [9.17, 15) is 4.79 Å². The standard InChI is InChI=1S/C18H26O3/c1-4-16(18-20-11-8-12-21-18)13(2)14(3)17(19)15-9-6-5-7-10-15/h5-7,9-10,13-14,16,18H,4,8,11-12H2,1-3H3. The molecule has 1 aliphatic heterocycles. The topological polar surface area (TPSA) is 35.5 Å². The van der Waals surface area contributed by atoms with E-state index in [1.807, 2.05) is 37.3 Å². The van der Waals surface area contributed by atoms with Crippen LogP contribution in [0.4, 0.5) is 0 Å². The van der Waals surface area contributed by atoms with Crippen molar-refractivity contribution >= 4 is 5.78 Å². The van der Waals surface area contributed by atoms with Gasteiger partial charge in [0.15, 0.2) is 12.1 Å². The van der Waals surface area contributed by atoms with Crippen molar-refractivity contribution in [1.29, 1.82) is 0 Å². The summed E-state index contributed by atoms with van der Waals surface area (Å²) in [5, 5.41) is 0. The van der Waals surface area contributed by atoms with Crippen LogP contribution in [0.2, 0.25) is 0 Å². The molecule has 0 bridgehead atoms. The third-order valence-corrected chi connectivity index (χ3v) is 4.61. The van der Waals surface area contributed by atoms with Gasteiger partial charge in [-0.2, -0.15) is 0 Å². The summed E-state index contributed by atoms with van der Waals surface area (Å²) in [6.07, 6.45) is 1.75. The normalized spacial score (nSPS) is 20.7. The van der Waals surface area contributed by atoms with Crippen LogP contribution < -0.4 is 0 Å². The van der Waals surface area contributed by atoms with E-state index in [0.717, 1.165) is 31.6 Å². The first-order valence-electron chi connectivity index (χ1n) is 7.97. The van der Waals surface area contributed by atoms with Crippen molar-refractivity contribution < 1.29 is 14.3 Å². The average molecular weight is 290 g/mol. The maximum absolute atomic E-state index is 12.6. The third-order valence-electron chi connectivity index (χ3n) is 4.61. The second-order valence-electron chi connectivity index (χ2n) is 5.91. The van der Waals surface area contributed by atoms with Crippen molar-refractivity contribution in [3.8, 4) is 0 Å². The zero-order chi connectivity index (χ0) is 15.2. The molecule has 1 aromatic rings. The molecule has 0 amide bonds. The van der Waals surface area contributed by atoms with E-state index in [1.54, 1.807) is 0 Å². The van der Waals surface area contributed by atoms with Gasteiger partial charge in [-0.3, -0.25) is 4.79 Å². The van der Waals surface area contributed by atoms with Gasteiger partial charge in [0.1, 0.15) is 0 Å². The molecule has 3 nitrogen and oxygen atoms in total. The van der Waals surface area contributed by atoms with Gasteiger partial charge in [-0.1, -0.05) is 51.1 Å². The molecule has 0 spiro atoms. The summed E-state index contributed by atoms with van der Waals surface area (Å²) in [6, 6.07) is 9.54. The number of rotatable bonds is 6. The largest absolute Gasteiger partial charge is 0.352 e. The van der Waals surface area contributed by atoms with Gasteiger partial charge in [0, 0.05) is 17.4 Å². The minimum atomic E-state index is -0.162. The number of hydrogen-bond donors (Lipinski definition) is 0. The maximum atomic E-state index is 12.6. The fourth-order valence-electron chi connectivity index (χ4n) is 3.04. The van der Waals surface area contributed by atoms with Gasteiger partial charge in [0.05, 0.1) is 13.2 Å². The third kappa shape index (κ3) is 3.92. The number of hydrogen-bond acceptors (Lipinski definition) is 3. The zero-order valence-corrected chi connectivity index (χ0v) is 13.2. The summed E-state index contributed by atoms with van der Waals surface area (Å²) in [4.78, 5) is 12.6. The molecular weight excluding hydrogens is 264 g/mol. The molecule has 1 heterocycles. The van der Waals surface area contributed by atoms with Crippen molar-refractivity contribution in [2.75, 3.05) is 13.2 Å². The fourth-order valence-corrected chi connectivity index (χ4v) is 3.04. The van der Waals surface area contributed by atoms with Crippen molar-refractivity contribution in [2.24, 2.45) is 17.8 Å². The lowest BCUT2D eigenvalue weighted by molar-refractivity contribution is -0.214. The van der Waals surface area contributed by atoms with E-state index in [1.165, 1.54) is 0 Å². The molecule has 2 rings (SSSR count). The zero-order valence-electron chi connectivity index (χ0n) is 13.2. The summed E-state index contributed by atoms with van der Waals surface area (Å²) in [6.45, 7) is 7.82. The molecule has 0 radical (unpaired) electrons. The first-order chi connectivity index (χ1) is 10.1. The second-order valence-corrected chi connectivity index (χ2v) is 5.91.